The Bertz CT molecular complexity index is 990. The number of carbonyl (C=O) groups excluding carboxylic acids is 2. The average molecular weight is 403 g/mol. The van der Waals surface area contributed by atoms with Gasteiger partial charge in [-0.05, 0) is 55.3 Å². The van der Waals surface area contributed by atoms with Crippen LogP contribution in [0.3, 0.4) is 0 Å². The van der Waals surface area contributed by atoms with Crippen LogP contribution >= 0.6 is 0 Å². The van der Waals surface area contributed by atoms with Crippen molar-refractivity contribution in [2.24, 2.45) is 0 Å². The van der Waals surface area contributed by atoms with Gasteiger partial charge in [-0.15, -0.1) is 0 Å². The third kappa shape index (κ3) is 6.38. The van der Waals surface area contributed by atoms with Crippen LogP contribution < -0.4 is 20.7 Å². The van der Waals surface area contributed by atoms with Gasteiger partial charge >= 0.3 is 6.03 Å². The zero-order valence-electron chi connectivity index (χ0n) is 16.9. The summed E-state index contributed by atoms with van der Waals surface area (Å²) in [5, 5.41) is 8.40. The number of urea groups is 1. The molecule has 0 aliphatic heterocycles. The Morgan fingerprint density at radius 2 is 1.40 bits per heavy atom. The van der Waals surface area contributed by atoms with E-state index in [1.807, 2.05) is 49.4 Å². The highest BCUT2D eigenvalue weighted by molar-refractivity contribution is 6.00. The molecule has 3 rings (SSSR count). The predicted molar refractivity (Wildman–Crippen MR) is 120 cm³/mol. The second-order valence-corrected chi connectivity index (χ2v) is 6.61. The van der Waals surface area contributed by atoms with E-state index in [0.29, 0.717) is 36.5 Å². The number of hydrogen-bond donors (Lipinski definition) is 3. The van der Waals surface area contributed by atoms with Crippen LogP contribution in [0.15, 0.2) is 78.9 Å². The number of ether oxygens (including phenoxy) is 1. The molecule has 0 saturated heterocycles. The molecule has 0 bridgehead atoms. The zero-order chi connectivity index (χ0) is 21.2. The molecule has 0 aliphatic rings. The zero-order valence-corrected chi connectivity index (χ0v) is 16.9. The molecule has 154 valence electrons. The van der Waals surface area contributed by atoms with Crippen molar-refractivity contribution >= 4 is 29.0 Å². The van der Waals surface area contributed by atoms with Crippen molar-refractivity contribution in [3.8, 4) is 5.75 Å². The largest absolute Gasteiger partial charge is 0.494 e. The number of anilines is 3. The topological polar surface area (TPSA) is 79.5 Å². The SMILES string of the molecule is CCOc1ccccc1CCC(=O)Nc1cccc(NC(=O)Nc2ccccc2)c1. The van der Waals surface area contributed by atoms with Crippen molar-refractivity contribution in [1.82, 2.24) is 0 Å². The summed E-state index contributed by atoms with van der Waals surface area (Å²) in [5.74, 6) is 0.704. The molecule has 30 heavy (non-hydrogen) atoms. The minimum absolute atomic E-state index is 0.104. The molecular weight excluding hydrogens is 378 g/mol. The molecular formula is C24H25N3O3. The third-order valence-electron chi connectivity index (χ3n) is 4.33. The van der Waals surface area contributed by atoms with Crippen LogP contribution in [0.2, 0.25) is 0 Å². The first-order valence-corrected chi connectivity index (χ1v) is 9.87. The van der Waals surface area contributed by atoms with Crippen molar-refractivity contribution in [2.45, 2.75) is 19.8 Å². The predicted octanol–water partition coefficient (Wildman–Crippen LogP) is 5.30. The fourth-order valence-electron chi connectivity index (χ4n) is 2.97. The second-order valence-electron chi connectivity index (χ2n) is 6.61. The van der Waals surface area contributed by atoms with Gasteiger partial charge in [0.15, 0.2) is 0 Å². The molecule has 0 heterocycles. The Balaban J connectivity index is 1.53. The Morgan fingerprint density at radius 1 is 0.767 bits per heavy atom. The quantitative estimate of drug-likeness (QED) is 0.477. The van der Waals surface area contributed by atoms with Gasteiger partial charge in [-0.25, -0.2) is 4.79 Å². The maximum absolute atomic E-state index is 12.4. The molecule has 0 unspecified atom stereocenters. The number of aryl methyl sites for hydroxylation is 1. The lowest BCUT2D eigenvalue weighted by Gasteiger charge is -2.11. The van der Waals surface area contributed by atoms with E-state index in [9.17, 15) is 9.59 Å². The first-order valence-electron chi connectivity index (χ1n) is 9.87. The molecule has 6 nitrogen and oxygen atoms in total. The highest BCUT2D eigenvalue weighted by Crippen LogP contribution is 2.20. The summed E-state index contributed by atoms with van der Waals surface area (Å²) < 4.78 is 5.60. The van der Waals surface area contributed by atoms with Gasteiger partial charge in [-0.2, -0.15) is 0 Å². The standard InChI is InChI=1S/C24H25N3O3/c1-2-30-22-14-7-6-9-18(22)15-16-23(28)25-20-12-8-13-21(17-20)27-24(29)26-19-10-4-3-5-11-19/h3-14,17H,2,15-16H2,1H3,(H,25,28)(H2,26,27,29). The van der Waals surface area contributed by atoms with Crippen LogP contribution in [0, 0.1) is 0 Å². The summed E-state index contributed by atoms with van der Waals surface area (Å²) in [6, 6.07) is 23.6. The molecule has 0 atom stereocenters. The van der Waals surface area contributed by atoms with Gasteiger partial charge in [0, 0.05) is 23.5 Å². The third-order valence-corrected chi connectivity index (χ3v) is 4.33. The number of hydrogen-bond acceptors (Lipinski definition) is 3. The van der Waals surface area contributed by atoms with Gasteiger partial charge in [0.05, 0.1) is 6.61 Å². The maximum atomic E-state index is 12.4. The first-order chi connectivity index (χ1) is 14.6. The molecule has 0 saturated carbocycles. The molecule has 3 amide bonds. The minimum atomic E-state index is -0.350. The molecule has 0 radical (unpaired) electrons. The Hall–Kier alpha value is -3.80. The molecule has 3 aromatic rings. The van der Waals surface area contributed by atoms with Gasteiger partial charge < -0.3 is 20.7 Å². The van der Waals surface area contributed by atoms with Crippen molar-refractivity contribution in [2.75, 3.05) is 22.6 Å². The fourth-order valence-corrected chi connectivity index (χ4v) is 2.97. The number of benzene rings is 3. The molecule has 3 N–H and O–H groups in total. The number of para-hydroxylation sites is 2. The lowest BCUT2D eigenvalue weighted by Crippen LogP contribution is -2.19. The van der Waals surface area contributed by atoms with E-state index in [0.717, 1.165) is 11.3 Å². The molecule has 0 spiro atoms. The van der Waals surface area contributed by atoms with Crippen LogP contribution in [-0.2, 0) is 11.2 Å². The van der Waals surface area contributed by atoms with E-state index in [1.54, 1.807) is 36.4 Å². The summed E-state index contributed by atoms with van der Waals surface area (Å²) in [4.78, 5) is 24.5. The van der Waals surface area contributed by atoms with Crippen molar-refractivity contribution in [3.05, 3.63) is 84.4 Å². The van der Waals surface area contributed by atoms with Crippen molar-refractivity contribution in [1.29, 1.82) is 0 Å². The Kier molecular flexibility index (Phi) is 7.44. The van der Waals surface area contributed by atoms with Crippen molar-refractivity contribution in [3.63, 3.8) is 0 Å². The summed E-state index contributed by atoms with van der Waals surface area (Å²) in [6.07, 6.45) is 0.912. The summed E-state index contributed by atoms with van der Waals surface area (Å²) in [5.41, 5.74) is 2.91. The number of rotatable bonds is 8. The number of nitrogens with one attached hydrogen (secondary N) is 3. The van der Waals surface area contributed by atoms with E-state index in [-0.39, 0.29) is 11.9 Å². The van der Waals surface area contributed by atoms with E-state index in [4.69, 9.17) is 4.74 Å². The molecule has 0 aliphatic carbocycles. The number of carbonyl (C=O) groups is 2. The molecule has 0 fully saturated rings. The van der Waals surface area contributed by atoms with E-state index in [2.05, 4.69) is 16.0 Å². The van der Waals surface area contributed by atoms with Gasteiger partial charge in [0.25, 0.3) is 0 Å². The summed E-state index contributed by atoms with van der Waals surface area (Å²) in [6.45, 7) is 2.52. The molecule has 6 heteroatoms. The highest BCUT2D eigenvalue weighted by Gasteiger charge is 2.08. The van der Waals surface area contributed by atoms with Crippen LogP contribution in [0.1, 0.15) is 18.9 Å². The minimum Gasteiger partial charge on any atom is -0.494 e. The number of amides is 3. The van der Waals surface area contributed by atoms with Crippen LogP contribution in [0.25, 0.3) is 0 Å². The lowest BCUT2D eigenvalue weighted by atomic mass is 10.1. The van der Waals surface area contributed by atoms with Gasteiger partial charge in [-0.1, -0.05) is 42.5 Å². The van der Waals surface area contributed by atoms with Crippen LogP contribution in [0.5, 0.6) is 5.75 Å². The van der Waals surface area contributed by atoms with Gasteiger partial charge in [0.1, 0.15) is 5.75 Å². The fraction of sp³-hybridized carbons (Fsp3) is 0.167. The lowest BCUT2D eigenvalue weighted by molar-refractivity contribution is -0.116. The molecule has 0 aromatic heterocycles. The highest BCUT2D eigenvalue weighted by atomic mass is 16.5. The normalized spacial score (nSPS) is 10.2. The smallest absolute Gasteiger partial charge is 0.323 e. The van der Waals surface area contributed by atoms with Gasteiger partial charge in [-0.3, -0.25) is 4.79 Å². The van der Waals surface area contributed by atoms with E-state index in [1.165, 1.54) is 0 Å². The monoisotopic (exact) mass is 403 g/mol. The van der Waals surface area contributed by atoms with E-state index < -0.39 is 0 Å². The second kappa shape index (κ2) is 10.7. The van der Waals surface area contributed by atoms with Crippen LogP contribution in [0.4, 0.5) is 21.9 Å². The van der Waals surface area contributed by atoms with Crippen molar-refractivity contribution < 1.29 is 14.3 Å². The summed E-state index contributed by atoms with van der Waals surface area (Å²) in [7, 11) is 0. The summed E-state index contributed by atoms with van der Waals surface area (Å²) >= 11 is 0. The Labute approximate surface area is 176 Å². The average Bonchev–Trinajstić information content (AvgIpc) is 2.74. The maximum Gasteiger partial charge on any atom is 0.323 e. The van der Waals surface area contributed by atoms with Gasteiger partial charge in [0.2, 0.25) is 5.91 Å². The van der Waals surface area contributed by atoms with E-state index >= 15 is 0 Å². The van der Waals surface area contributed by atoms with Crippen LogP contribution in [-0.4, -0.2) is 18.5 Å². The first kappa shape index (κ1) is 20.9. The molecule has 3 aromatic carbocycles. The Morgan fingerprint density at radius 3 is 2.17 bits per heavy atom.